The van der Waals surface area contributed by atoms with Crippen LogP contribution >= 0.6 is 0 Å². The third-order valence-electron chi connectivity index (χ3n) is 4.92. The standard InChI is InChI=1S/C21H21F3N4O5/c1-20(14-3-5-15(32-2)6-4-14)18(30)28(19(31)27-20)11-16(29)26-10-13-7-8-25-17(9-13)33-12-21(22,23)24/h3-9H,10-12H2,1-2H3,(H,26,29)(H,27,31). The van der Waals surface area contributed by atoms with Crippen LogP contribution in [0.25, 0.3) is 0 Å². The molecule has 0 aliphatic carbocycles. The summed E-state index contributed by atoms with van der Waals surface area (Å²) in [6.45, 7) is -0.552. The Balaban J connectivity index is 1.59. The van der Waals surface area contributed by atoms with Crippen molar-refractivity contribution in [3.05, 3.63) is 53.7 Å². The van der Waals surface area contributed by atoms with E-state index in [1.54, 1.807) is 24.3 Å². The molecule has 2 N–H and O–H groups in total. The summed E-state index contributed by atoms with van der Waals surface area (Å²) >= 11 is 0. The molecule has 0 bridgehead atoms. The van der Waals surface area contributed by atoms with E-state index < -0.39 is 42.7 Å². The third kappa shape index (κ3) is 5.70. The number of amides is 4. The van der Waals surface area contributed by atoms with Crippen LogP contribution in [0, 0.1) is 0 Å². The number of nitrogens with one attached hydrogen (secondary N) is 2. The minimum Gasteiger partial charge on any atom is -0.497 e. The van der Waals surface area contributed by atoms with Gasteiger partial charge in [-0.3, -0.25) is 14.5 Å². The Morgan fingerprint density at radius 3 is 2.55 bits per heavy atom. The predicted octanol–water partition coefficient (Wildman–Crippen LogP) is 2.11. The average molecular weight is 466 g/mol. The van der Waals surface area contributed by atoms with Crippen molar-refractivity contribution in [3.63, 3.8) is 0 Å². The van der Waals surface area contributed by atoms with E-state index in [0.717, 1.165) is 4.90 Å². The highest BCUT2D eigenvalue weighted by Crippen LogP contribution is 2.29. The van der Waals surface area contributed by atoms with E-state index in [2.05, 4.69) is 20.4 Å². The number of benzene rings is 1. The van der Waals surface area contributed by atoms with E-state index in [4.69, 9.17) is 4.74 Å². The number of methoxy groups -OCH3 is 1. The van der Waals surface area contributed by atoms with Crippen LogP contribution in [-0.4, -0.2) is 54.2 Å². The highest BCUT2D eigenvalue weighted by Gasteiger charge is 2.49. The van der Waals surface area contributed by atoms with Gasteiger partial charge in [-0.2, -0.15) is 13.2 Å². The van der Waals surface area contributed by atoms with Crippen molar-refractivity contribution in [2.45, 2.75) is 25.2 Å². The first-order chi connectivity index (χ1) is 15.5. The van der Waals surface area contributed by atoms with Crippen LogP contribution < -0.4 is 20.1 Å². The van der Waals surface area contributed by atoms with Crippen molar-refractivity contribution >= 4 is 17.8 Å². The maximum absolute atomic E-state index is 12.9. The number of hydrogen-bond acceptors (Lipinski definition) is 6. The molecule has 176 valence electrons. The number of carbonyl (C=O) groups is 3. The van der Waals surface area contributed by atoms with E-state index in [-0.39, 0.29) is 12.4 Å². The molecule has 0 spiro atoms. The van der Waals surface area contributed by atoms with E-state index in [0.29, 0.717) is 16.9 Å². The fourth-order valence-electron chi connectivity index (χ4n) is 3.16. The molecular formula is C21H21F3N4O5. The lowest BCUT2D eigenvalue weighted by molar-refractivity contribution is -0.154. The fraction of sp³-hybridized carbons (Fsp3) is 0.333. The molecule has 1 atom stereocenters. The molecule has 9 nitrogen and oxygen atoms in total. The van der Waals surface area contributed by atoms with Gasteiger partial charge in [-0.25, -0.2) is 9.78 Å². The van der Waals surface area contributed by atoms with E-state index in [1.807, 2.05) is 0 Å². The summed E-state index contributed by atoms with van der Waals surface area (Å²) in [6, 6.07) is 8.59. The number of urea groups is 1. The minimum atomic E-state index is -4.50. The number of imide groups is 1. The smallest absolute Gasteiger partial charge is 0.422 e. The van der Waals surface area contributed by atoms with Crippen molar-refractivity contribution < 1.29 is 37.0 Å². The Bertz CT molecular complexity index is 1040. The minimum absolute atomic E-state index is 0.0663. The zero-order chi connectivity index (χ0) is 24.2. The molecule has 1 saturated heterocycles. The van der Waals surface area contributed by atoms with Crippen LogP contribution in [0.5, 0.6) is 11.6 Å². The number of carbonyl (C=O) groups excluding carboxylic acids is 3. The second-order valence-corrected chi connectivity index (χ2v) is 7.36. The molecule has 3 rings (SSSR count). The Morgan fingerprint density at radius 2 is 1.91 bits per heavy atom. The number of pyridine rings is 1. The summed E-state index contributed by atoms with van der Waals surface area (Å²) in [5.74, 6) is -0.895. The first kappa shape index (κ1) is 23.8. The Hall–Kier alpha value is -3.83. The summed E-state index contributed by atoms with van der Waals surface area (Å²) in [5.41, 5.74) is -0.400. The van der Waals surface area contributed by atoms with Gasteiger partial charge in [0, 0.05) is 18.8 Å². The molecular weight excluding hydrogens is 445 g/mol. The SMILES string of the molecule is COc1ccc(C2(C)NC(=O)N(CC(=O)NCc3ccnc(OCC(F)(F)F)c3)C2=O)cc1. The quantitative estimate of drug-likeness (QED) is 0.577. The number of halogens is 3. The fourth-order valence-corrected chi connectivity index (χ4v) is 3.16. The van der Waals surface area contributed by atoms with Crippen LogP contribution in [-0.2, 0) is 21.7 Å². The summed E-state index contributed by atoms with van der Waals surface area (Å²) in [7, 11) is 1.50. The normalized spacial score (nSPS) is 18.2. The van der Waals surface area contributed by atoms with Gasteiger partial charge in [-0.1, -0.05) is 12.1 Å². The van der Waals surface area contributed by atoms with Gasteiger partial charge in [-0.05, 0) is 36.2 Å². The molecule has 1 fully saturated rings. The number of nitrogens with zero attached hydrogens (tertiary/aromatic N) is 2. The van der Waals surface area contributed by atoms with Gasteiger partial charge in [-0.15, -0.1) is 0 Å². The average Bonchev–Trinajstić information content (AvgIpc) is 3.00. The lowest BCUT2D eigenvalue weighted by Gasteiger charge is -2.22. The molecule has 1 aliphatic rings. The maximum Gasteiger partial charge on any atom is 0.422 e. The molecule has 1 aromatic heterocycles. The van der Waals surface area contributed by atoms with Crippen molar-refractivity contribution in [1.29, 1.82) is 0 Å². The maximum atomic E-state index is 12.9. The molecule has 1 aromatic carbocycles. The summed E-state index contributed by atoms with van der Waals surface area (Å²) in [5, 5.41) is 5.11. The van der Waals surface area contributed by atoms with Crippen LogP contribution in [0.1, 0.15) is 18.1 Å². The van der Waals surface area contributed by atoms with Gasteiger partial charge < -0.3 is 20.1 Å². The van der Waals surface area contributed by atoms with Crippen molar-refractivity contribution in [3.8, 4) is 11.6 Å². The third-order valence-corrected chi connectivity index (χ3v) is 4.92. The second kappa shape index (κ2) is 9.35. The lowest BCUT2D eigenvalue weighted by atomic mass is 9.92. The molecule has 0 radical (unpaired) electrons. The monoisotopic (exact) mass is 466 g/mol. The van der Waals surface area contributed by atoms with Crippen LogP contribution in [0.4, 0.5) is 18.0 Å². The van der Waals surface area contributed by atoms with Crippen LogP contribution in [0.2, 0.25) is 0 Å². The molecule has 33 heavy (non-hydrogen) atoms. The number of alkyl halides is 3. The van der Waals surface area contributed by atoms with Crippen molar-refractivity contribution in [1.82, 2.24) is 20.5 Å². The van der Waals surface area contributed by atoms with Gasteiger partial charge in [0.05, 0.1) is 7.11 Å². The molecule has 1 unspecified atom stereocenters. The number of hydrogen-bond donors (Lipinski definition) is 2. The van der Waals surface area contributed by atoms with Gasteiger partial charge in [0.1, 0.15) is 17.8 Å². The van der Waals surface area contributed by atoms with Crippen molar-refractivity contribution in [2.24, 2.45) is 0 Å². The number of rotatable bonds is 8. The van der Waals surface area contributed by atoms with Gasteiger partial charge in [0.25, 0.3) is 5.91 Å². The van der Waals surface area contributed by atoms with Gasteiger partial charge in [0.15, 0.2) is 6.61 Å². The first-order valence-electron chi connectivity index (χ1n) is 9.71. The highest BCUT2D eigenvalue weighted by molar-refractivity contribution is 6.09. The Kier molecular flexibility index (Phi) is 6.75. The zero-order valence-electron chi connectivity index (χ0n) is 17.7. The Labute approximate surface area is 186 Å². The highest BCUT2D eigenvalue weighted by atomic mass is 19.4. The molecule has 2 aromatic rings. The molecule has 4 amide bonds. The number of ether oxygens (including phenoxy) is 2. The van der Waals surface area contributed by atoms with Crippen molar-refractivity contribution in [2.75, 3.05) is 20.3 Å². The second-order valence-electron chi connectivity index (χ2n) is 7.36. The summed E-state index contributed by atoms with van der Waals surface area (Å²) < 4.78 is 46.5. The van der Waals surface area contributed by atoms with Gasteiger partial charge in [0.2, 0.25) is 11.8 Å². The molecule has 2 heterocycles. The largest absolute Gasteiger partial charge is 0.497 e. The lowest BCUT2D eigenvalue weighted by Crippen LogP contribution is -2.43. The summed E-state index contributed by atoms with van der Waals surface area (Å²) in [4.78, 5) is 42.1. The van der Waals surface area contributed by atoms with E-state index >= 15 is 0 Å². The topological polar surface area (TPSA) is 110 Å². The predicted molar refractivity (Wildman–Crippen MR) is 108 cm³/mol. The number of aromatic nitrogens is 1. The van der Waals surface area contributed by atoms with Crippen LogP contribution in [0.15, 0.2) is 42.6 Å². The molecule has 1 aliphatic heterocycles. The Morgan fingerprint density at radius 1 is 1.21 bits per heavy atom. The van der Waals surface area contributed by atoms with Gasteiger partial charge >= 0.3 is 12.2 Å². The van der Waals surface area contributed by atoms with E-state index in [9.17, 15) is 27.6 Å². The molecule has 0 saturated carbocycles. The molecule has 12 heteroatoms. The summed E-state index contributed by atoms with van der Waals surface area (Å²) in [6.07, 6.45) is -3.26. The van der Waals surface area contributed by atoms with E-state index in [1.165, 1.54) is 32.4 Å². The first-order valence-corrected chi connectivity index (χ1v) is 9.71. The van der Waals surface area contributed by atoms with Crippen LogP contribution in [0.3, 0.4) is 0 Å². The zero-order valence-corrected chi connectivity index (χ0v) is 17.7.